The fraction of sp³-hybridized carbons (Fsp3) is 0.121. The average molecular weight is 879 g/mol. The molecule has 332 valence electrons. The van der Waals surface area contributed by atoms with E-state index in [1.807, 2.05) is 12.2 Å². The lowest BCUT2D eigenvalue weighted by atomic mass is 9.88. The van der Waals surface area contributed by atoms with Crippen molar-refractivity contribution in [3.8, 4) is 44.5 Å². The number of hydrogen-bond acceptors (Lipinski definition) is 2. The molecule has 0 aliphatic heterocycles. The number of fused-ring (bicyclic) bond motifs is 4. The Bertz CT molecular complexity index is 3470. The highest BCUT2D eigenvalue weighted by atomic mass is 15.1. The molecule has 0 saturated heterocycles. The fourth-order valence-corrected chi connectivity index (χ4v) is 10.3. The molecule has 1 N–H and O–H groups in total. The minimum Gasteiger partial charge on any atom is -0.355 e. The molecule has 0 saturated carbocycles. The Balaban J connectivity index is 1.19. The van der Waals surface area contributed by atoms with E-state index in [1.165, 1.54) is 105 Å². The number of aryl methyl sites for hydroxylation is 5. The number of hydrogen-bond donors (Lipinski definition) is 1. The maximum Gasteiger partial charge on any atom is 0.0540 e. The van der Waals surface area contributed by atoms with Crippen LogP contribution < -0.4 is 10.2 Å². The van der Waals surface area contributed by atoms with Gasteiger partial charge < -0.3 is 10.2 Å². The summed E-state index contributed by atoms with van der Waals surface area (Å²) in [7, 11) is 0. The van der Waals surface area contributed by atoms with Gasteiger partial charge in [0, 0.05) is 33.9 Å². The zero-order valence-corrected chi connectivity index (χ0v) is 40.3. The van der Waals surface area contributed by atoms with E-state index in [9.17, 15) is 0 Å². The molecule has 0 bridgehead atoms. The number of allylic oxidation sites excluding steroid dienone is 5. The van der Waals surface area contributed by atoms with Crippen molar-refractivity contribution in [3.05, 3.63) is 251 Å². The summed E-state index contributed by atoms with van der Waals surface area (Å²) in [5.74, 6) is 0. The Hall–Kier alpha value is -7.94. The Morgan fingerprint density at radius 1 is 0.500 bits per heavy atom. The average Bonchev–Trinajstić information content (AvgIpc) is 3.69. The summed E-state index contributed by atoms with van der Waals surface area (Å²) in [5, 5.41) is 6.49. The highest BCUT2D eigenvalue weighted by Gasteiger charge is 2.27. The SMILES string of the molecule is C=C/C=C\C(=C/C)c1cc(C)ccc1N(c1cc2c(cc1C)-c1cc3ccccc3cc1C2)c1cc(C)cc(-c2cc(-c3ccccc3C)c(C)cc2Nc2ccc(-c3ccccc3)cc2)c1C. The molecule has 2 nitrogen and oxygen atoms in total. The van der Waals surface area contributed by atoms with Gasteiger partial charge in [-0.2, -0.15) is 0 Å². The van der Waals surface area contributed by atoms with Crippen LogP contribution in [0.15, 0.2) is 201 Å². The molecule has 0 heterocycles. The molecule has 0 amide bonds. The summed E-state index contributed by atoms with van der Waals surface area (Å²) in [4.78, 5) is 2.55. The molecule has 9 aromatic rings. The topological polar surface area (TPSA) is 15.3 Å². The zero-order valence-electron chi connectivity index (χ0n) is 40.3. The van der Waals surface area contributed by atoms with Crippen molar-refractivity contribution in [1.29, 1.82) is 0 Å². The van der Waals surface area contributed by atoms with Gasteiger partial charge in [-0.3, -0.25) is 0 Å². The van der Waals surface area contributed by atoms with Crippen molar-refractivity contribution in [3.63, 3.8) is 0 Å². The van der Waals surface area contributed by atoms with Gasteiger partial charge in [-0.25, -0.2) is 0 Å². The van der Waals surface area contributed by atoms with Gasteiger partial charge in [0.05, 0.1) is 5.69 Å². The summed E-state index contributed by atoms with van der Waals surface area (Å²) in [6, 6.07) is 63.0. The molecule has 1 aliphatic carbocycles. The maximum atomic E-state index is 4.03. The Morgan fingerprint density at radius 3 is 1.94 bits per heavy atom. The smallest absolute Gasteiger partial charge is 0.0540 e. The molecule has 0 spiro atoms. The summed E-state index contributed by atoms with van der Waals surface area (Å²) < 4.78 is 0. The van der Waals surface area contributed by atoms with E-state index < -0.39 is 0 Å². The summed E-state index contributed by atoms with van der Waals surface area (Å²) in [5.41, 5.74) is 27.8. The maximum absolute atomic E-state index is 4.03. The van der Waals surface area contributed by atoms with Crippen molar-refractivity contribution in [1.82, 2.24) is 0 Å². The van der Waals surface area contributed by atoms with E-state index in [4.69, 9.17) is 0 Å². The minimum absolute atomic E-state index is 0.893. The van der Waals surface area contributed by atoms with E-state index >= 15 is 0 Å². The van der Waals surface area contributed by atoms with Crippen molar-refractivity contribution >= 4 is 44.8 Å². The fourth-order valence-electron chi connectivity index (χ4n) is 10.3. The molecule has 2 heteroatoms. The minimum atomic E-state index is 0.893. The number of rotatable bonds is 11. The van der Waals surface area contributed by atoms with Gasteiger partial charge in [0.25, 0.3) is 0 Å². The van der Waals surface area contributed by atoms with E-state index in [1.54, 1.807) is 0 Å². The Labute approximate surface area is 403 Å². The van der Waals surface area contributed by atoms with Crippen LogP contribution in [0.3, 0.4) is 0 Å². The van der Waals surface area contributed by atoms with E-state index in [2.05, 4.69) is 247 Å². The molecule has 68 heavy (non-hydrogen) atoms. The van der Waals surface area contributed by atoms with Crippen molar-refractivity contribution in [2.75, 3.05) is 10.2 Å². The highest BCUT2D eigenvalue weighted by Crippen LogP contribution is 2.50. The first-order chi connectivity index (χ1) is 33.1. The second-order valence-corrected chi connectivity index (χ2v) is 18.6. The van der Waals surface area contributed by atoms with Crippen LogP contribution in [0.25, 0.3) is 60.9 Å². The number of nitrogens with one attached hydrogen (secondary N) is 1. The predicted molar refractivity (Wildman–Crippen MR) is 294 cm³/mol. The lowest BCUT2D eigenvalue weighted by molar-refractivity contribution is 1.19. The predicted octanol–water partition coefficient (Wildman–Crippen LogP) is 18.6. The van der Waals surface area contributed by atoms with Crippen LogP contribution in [-0.4, -0.2) is 0 Å². The lowest BCUT2D eigenvalue weighted by Crippen LogP contribution is -2.16. The van der Waals surface area contributed by atoms with Crippen molar-refractivity contribution in [2.45, 2.75) is 54.9 Å². The second-order valence-electron chi connectivity index (χ2n) is 18.6. The third-order valence-corrected chi connectivity index (χ3v) is 13.9. The largest absolute Gasteiger partial charge is 0.355 e. The molecular weight excluding hydrogens is 821 g/mol. The van der Waals surface area contributed by atoms with Gasteiger partial charge in [0.1, 0.15) is 0 Å². The summed E-state index contributed by atoms with van der Waals surface area (Å²) in [6.07, 6.45) is 9.18. The Morgan fingerprint density at radius 2 is 1.19 bits per heavy atom. The van der Waals surface area contributed by atoms with Crippen molar-refractivity contribution in [2.24, 2.45) is 0 Å². The summed E-state index contributed by atoms with van der Waals surface area (Å²) >= 11 is 0. The molecule has 1 aliphatic rings. The molecule has 0 fully saturated rings. The van der Waals surface area contributed by atoms with Crippen LogP contribution >= 0.6 is 0 Å². The second kappa shape index (κ2) is 18.4. The number of nitrogens with zero attached hydrogens (tertiary/aromatic N) is 1. The normalized spacial score (nSPS) is 12.1. The zero-order chi connectivity index (χ0) is 47.1. The third kappa shape index (κ3) is 8.28. The monoisotopic (exact) mass is 878 g/mol. The summed E-state index contributed by atoms with van der Waals surface area (Å²) in [6.45, 7) is 19.6. The van der Waals surface area contributed by atoms with E-state index in [0.717, 1.165) is 40.3 Å². The third-order valence-electron chi connectivity index (χ3n) is 13.9. The van der Waals surface area contributed by atoms with Crippen LogP contribution in [0.4, 0.5) is 28.4 Å². The molecule has 10 rings (SSSR count). The van der Waals surface area contributed by atoms with Gasteiger partial charge in [-0.1, -0.05) is 146 Å². The molecule has 9 aromatic carbocycles. The molecule has 0 atom stereocenters. The van der Waals surface area contributed by atoms with Gasteiger partial charge in [0.15, 0.2) is 0 Å². The van der Waals surface area contributed by atoms with Gasteiger partial charge in [-0.05, 0) is 210 Å². The number of anilines is 5. The first-order valence-electron chi connectivity index (χ1n) is 23.9. The van der Waals surface area contributed by atoms with Crippen LogP contribution in [0.1, 0.15) is 57.0 Å². The van der Waals surface area contributed by atoms with Crippen LogP contribution in [0.5, 0.6) is 0 Å². The molecule has 0 unspecified atom stereocenters. The lowest BCUT2D eigenvalue weighted by Gasteiger charge is -2.33. The van der Waals surface area contributed by atoms with Gasteiger partial charge >= 0.3 is 0 Å². The van der Waals surface area contributed by atoms with Crippen LogP contribution in [-0.2, 0) is 6.42 Å². The quantitative estimate of drug-likeness (QED) is 0.130. The standard InChI is InChI=1S/C66H58N2/c1-9-11-20-48(10-2)61-32-42(3)26-31-64(61)68(65-40-54-38-53-37-51-23-16-17-24-52(51)39-60(53)59(54)35-46(65)7)66-34-43(4)33-58(47(66)8)62-41-57(56-25-18-15-19-44(56)5)45(6)36-63(62)67-55-29-27-50(28-30-55)49-21-13-12-14-22-49/h9-37,39-41,67H,1,38H2,2-8H3/b20-11-,48-10+. The molecular formula is C66H58N2. The Kier molecular flexibility index (Phi) is 11.9. The van der Waals surface area contributed by atoms with E-state index in [-0.39, 0.29) is 0 Å². The van der Waals surface area contributed by atoms with Crippen molar-refractivity contribution < 1.29 is 0 Å². The highest BCUT2D eigenvalue weighted by molar-refractivity contribution is 5.97. The molecule has 0 radical (unpaired) electrons. The first kappa shape index (κ1) is 43.9. The molecule has 0 aromatic heterocycles. The van der Waals surface area contributed by atoms with Gasteiger partial charge in [0.2, 0.25) is 0 Å². The number of benzene rings is 9. The van der Waals surface area contributed by atoms with Gasteiger partial charge in [-0.15, -0.1) is 0 Å². The van der Waals surface area contributed by atoms with E-state index in [0.29, 0.717) is 0 Å². The van der Waals surface area contributed by atoms with Crippen LogP contribution in [0.2, 0.25) is 0 Å². The van der Waals surface area contributed by atoms with Crippen LogP contribution in [0, 0.1) is 41.5 Å². The first-order valence-corrected chi connectivity index (χ1v) is 23.9.